The molecule has 13 heteroatoms. The van der Waals surface area contributed by atoms with Crippen LogP contribution in [-0.4, -0.2) is 79.6 Å². The van der Waals surface area contributed by atoms with E-state index in [9.17, 15) is 29.4 Å². The number of nitrogens with two attached hydrogens (primary N) is 1. The van der Waals surface area contributed by atoms with Crippen LogP contribution in [0.4, 0.5) is 0 Å². The van der Waals surface area contributed by atoms with Gasteiger partial charge in [-0.15, -0.1) is 0 Å². The third-order valence-electron chi connectivity index (χ3n) is 6.78. The summed E-state index contributed by atoms with van der Waals surface area (Å²) in [5.74, 6) is -3.50. The van der Waals surface area contributed by atoms with Crippen molar-refractivity contribution in [1.29, 1.82) is 0 Å². The van der Waals surface area contributed by atoms with Gasteiger partial charge in [0.15, 0.2) is 0 Å². The molecule has 0 bridgehead atoms. The molecule has 2 aromatic carbocycles. The fourth-order valence-electron chi connectivity index (χ4n) is 4.52. The Kier molecular flexibility index (Phi) is 10.0. The number of aliphatic carboxylic acids is 1. The number of aliphatic hydroxyl groups is 1. The summed E-state index contributed by atoms with van der Waals surface area (Å²) in [7, 11) is 0. The molecule has 3 amide bonds. The number of hydrogen-bond donors (Lipinski definition) is 8. The van der Waals surface area contributed by atoms with Crippen molar-refractivity contribution in [3.8, 4) is 0 Å². The lowest BCUT2D eigenvalue weighted by molar-refractivity contribution is -0.142. The van der Waals surface area contributed by atoms with Gasteiger partial charge in [0, 0.05) is 48.3 Å². The Labute approximate surface area is 240 Å². The van der Waals surface area contributed by atoms with Crippen molar-refractivity contribution < 1.29 is 29.4 Å². The van der Waals surface area contributed by atoms with Gasteiger partial charge in [-0.2, -0.15) is 0 Å². The molecule has 13 nitrogen and oxygen atoms in total. The van der Waals surface area contributed by atoms with Gasteiger partial charge in [-0.3, -0.25) is 14.4 Å². The number of carboxylic acids is 1. The Morgan fingerprint density at radius 2 is 1.48 bits per heavy atom. The summed E-state index contributed by atoms with van der Waals surface area (Å²) in [4.78, 5) is 61.1. The van der Waals surface area contributed by atoms with Gasteiger partial charge < -0.3 is 41.9 Å². The zero-order valence-electron chi connectivity index (χ0n) is 22.6. The molecule has 0 saturated heterocycles. The molecule has 0 spiro atoms. The summed E-state index contributed by atoms with van der Waals surface area (Å²) < 4.78 is 0. The van der Waals surface area contributed by atoms with Crippen LogP contribution in [-0.2, 0) is 38.4 Å². The summed E-state index contributed by atoms with van der Waals surface area (Å²) in [5.41, 5.74) is 8.79. The van der Waals surface area contributed by atoms with E-state index >= 15 is 0 Å². The fourth-order valence-corrected chi connectivity index (χ4v) is 4.52. The number of aliphatic hydroxyl groups excluding tert-OH is 1. The molecule has 0 fully saturated rings. The average molecular weight is 576 g/mol. The first-order valence-electron chi connectivity index (χ1n) is 13.3. The summed E-state index contributed by atoms with van der Waals surface area (Å²) in [6, 6.07) is 11.3. The lowest BCUT2D eigenvalue weighted by atomic mass is 10.0. The lowest BCUT2D eigenvalue weighted by Gasteiger charge is -2.24. The minimum atomic E-state index is -1.40. The van der Waals surface area contributed by atoms with E-state index in [2.05, 4.69) is 30.9 Å². The number of carbonyl (C=O) groups is 4. The predicted molar refractivity (Wildman–Crippen MR) is 153 cm³/mol. The second kappa shape index (κ2) is 14.1. The van der Waals surface area contributed by atoms with Gasteiger partial charge in [0.2, 0.25) is 17.7 Å². The Morgan fingerprint density at radius 1 is 0.810 bits per heavy atom. The Morgan fingerprint density at radius 3 is 2.17 bits per heavy atom. The van der Waals surface area contributed by atoms with Crippen molar-refractivity contribution >= 4 is 34.6 Å². The number of H-pyrrole nitrogens is 2. The number of rotatable bonds is 14. The number of amides is 3. The monoisotopic (exact) mass is 575 g/mol. The van der Waals surface area contributed by atoms with Crippen LogP contribution >= 0.6 is 0 Å². The normalized spacial score (nSPS) is 14.0. The SMILES string of the molecule is NC(Cc1cnc[nH]1)C(=O)NC(CO)C(=O)NC(Cc1ccccc1)C(=O)NC(Cc1c[nH]c2ccccc12)C(=O)O. The quantitative estimate of drug-likeness (QED) is 0.100. The maximum absolute atomic E-state index is 13.4. The van der Waals surface area contributed by atoms with Crippen molar-refractivity contribution in [2.75, 3.05) is 6.61 Å². The molecule has 4 atom stereocenters. The second-order valence-electron chi connectivity index (χ2n) is 9.85. The summed E-state index contributed by atoms with van der Waals surface area (Å²) in [6.07, 6.45) is 4.81. The number of fused-ring (bicyclic) bond motifs is 1. The van der Waals surface area contributed by atoms with Crippen molar-refractivity contribution in [1.82, 2.24) is 30.9 Å². The molecule has 9 N–H and O–H groups in total. The maximum Gasteiger partial charge on any atom is 0.326 e. The molecular formula is C29H33N7O6. The minimum Gasteiger partial charge on any atom is -0.480 e. The van der Waals surface area contributed by atoms with Crippen LogP contribution in [0.1, 0.15) is 16.8 Å². The Balaban J connectivity index is 1.46. The highest BCUT2D eigenvalue weighted by Gasteiger charge is 2.31. The second-order valence-corrected chi connectivity index (χ2v) is 9.85. The molecule has 2 heterocycles. The van der Waals surface area contributed by atoms with Gasteiger partial charge >= 0.3 is 5.97 Å². The molecule has 4 rings (SSSR count). The van der Waals surface area contributed by atoms with Crippen molar-refractivity contribution in [2.24, 2.45) is 5.73 Å². The summed E-state index contributed by atoms with van der Waals surface area (Å²) >= 11 is 0. The van der Waals surface area contributed by atoms with Crippen LogP contribution in [0.3, 0.4) is 0 Å². The molecule has 0 aliphatic carbocycles. The number of para-hydroxylation sites is 1. The van der Waals surface area contributed by atoms with Gasteiger partial charge in [0.1, 0.15) is 18.1 Å². The highest BCUT2D eigenvalue weighted by Crippen LogP contribution is 2.19. The average Bonchev–Trinajstić information content (AvgIpc) is 3.65. The smallest absolute Gasteiger partial charge is 0.326 e. The molecule has 42 heavy (non-hydrogen) atoms. The zero-order valence-corrected chi connectivity index (χ0v) is 22.6. The molecule has 0 saturated carbocycles. The van der Waals surface area contributed by atoms with E-state index in [1.165, 1.54) is 12.5 Å². The van der Waals surface area contributed by atoms with E-state index in [0.717, 1.165) is 10.9 Å². The number of benzene rings is 2. The molecular weight excluding hydrogens is 542 g/mol. The Bertz CT molecular complexity index is 1510. The molecule has 0 aliphatic heterocycles. The van der Waals surface area contributed by atoms with Crippen LogP contribution in [0.15, 0.2) is 73.3 Å². The first-order valence-corrected chi connectivity index (χ1v) is 13.3. The largest absolute Gasteiger partial charge is 0.480 e. The number of nitrogens with zero attached hydrogens (tertiary/aromatic N) is 1. The molecule has 4 aromatic rings. The first kappa shape index (κ1) is 30.0. The third-order valence-corrected chi connectivity index (χ3v) is 6.78. The van der Waals surface area contributed by atoms with Crippen LogP contribution < -0.4 is 21.7 Å². The van der Waals surface area contributed by atoms with Gasteiger partial charge in [-0.05, 0) is 17.2 Å². The number of aromatic amines is 2. The molecule has 0 radical (unpaired) electrons. The zero-order chi connectivity index (χ0) is 30.1. The van der Waals surface area contributed by atoms with Crippen molar-refractivity contribution in [2.45, 2.75) is 43.4 Å². The van der Waals surface area contributed by atoms with E-state index < -0.39 is 54.5 Å². The van der Waals surface area contributed by atoms with Crippen molar-refractivity contribution in [3.63, 3.8) is 0 Å². The minimum absolute atomic E-state index is 0.000627. The number of imidazole rings is 1. The fraction of sp³-hybridized carbons (Fsp3) is 0.276. The van der Waals surface area contributed by atoms with Gasteiger partial charge in [0.05, 0.1) is 19.0 Å². The maximum atomic E-state index is 13.4. The van der Waals surface area contributed by atoms with Crippen LogP contribution in [0.25, 0.3) is 10.9 Å². The van der Waals surface area contributed by atoms with E-state index in [-0.39, 0.29) is 19.3 Å². The van der Waals surface area contributed by atoms with Crippen molar-refractivity contribution in [3.05, 3.63) is 90.1 Å². The standard InChI is InChI=1S/C29H33N7O6/c30-21(12-19-14-31-16-33-19)26(38)36-25(15-37)28(40)34-23(10-17-6-2-1-3-7-17)27(39)35-24(29(41)42)11-18-13-32-22-9-5-4-8-20(18)22/h1-9,13-14,16,21,23-25,32,37H,10-12,15,30H2,(H,31,33)(H,34,40)(H,35,39)(H,36,38)(H,41,42). The Hall–Kier alpha value is -5.01. The third kappa shape index (κ3) is 7.80. The predicted octanol–water partition coefficient (Wildman–Crippen LogP) is -0.222. The first-order chi connectivity index (χ1) is 20.2. The highest BCUT2D eigenvalue weighted by atomic mass is 16.4. The highest BCUT2D eigenvalue weighted by molar-refractivity contribution is 5.94. The molecule has 4 unspecified atom stereocenters. The number of hydrogen-bond acceptors (Lipinski definition) is 7. The van der Waals surface area contributed by atoms with Gasteiger partial charge in [-0.1, -0.05) is 48.5 Å². The number of aromatic nitrogens is 3. The summed E-state index contributed by atoms with van der Waals surface area (Å²) in [5, 5.41) is 28.1. The number of nitrogens with one attached hydrogen (secondary N) is 5. The van der Waals surface area contributed by atoms with Gasteiger partial charge in [-0.25, -0.2) is 9.78 Å². The van der Waals surface area contributed by atoms with E-state index in [1.807, 2.05) is 24.3 Å². The summed E-state index contributed by atoms with van der Waals surface area (Å²) in [6.45, 7) is -0.758. The van der Waals surface area contributed by atoms with E-state index in [4.69, 9.17) is 5.73 Å². The van der Waals surface area contributed by atoms with Crippen LogP contribution in [0.5, 0.6) is 0 Å². The lowest BCUT2D eigenvalue weighted by Crippen LogP contribution is -2.58. The number of carbonyl (C=O) groups excluding carboxylic acids is 3. The molecule has 0 aliphatic rings. The molecule has 220 valence electrons. The number of carboxylic acid groups (broad SMARTS) is 1. The molecule has 2 aromatic heterocycles. The van der Waals surface area contributed by atoms with Gasteiger partial charge in [0.25, 0.3) is 0 Å². The van der Waals surface area contributed by atoms with E-state index in [1.54, 1.807) is 36.5 Å². The van der Waals surface area contributed by atoms with E-state index in [0.29, 0.717) is 16.8 Å². The van der Waals surface area contributed by atoms with Crippen LogP contribution in [0.2, 0.25) is 0 Å². The topological polar surface area (TPSA) is 215 Å². The van der Waals surface area contributed by atoms with Crippen LogP contribution in [0, 0.1) is 0 Å².